The number of carbonyl (C=O) groups is 1. The van der Waals surface area contributed by atoms with E-state index in [4.69, 9.17) is 4.42 Å². The van der Waals surface area contributed by atoms with E-state index in [-0.39, 0.29) is 11.8 Å². The van der Waals surface area contributed by atoms with Crippen molar-refractivity contribution in [3.63, 3.8) is 0 Å². The van der Waals surface area contributed by atoms with Gasteiger partial charge < -0.3 is 14.3 Å². The third-order valence-electron chi connectivity index (χ3n) is 4.61. The highest BCUT2D eigenvalue weighted by Gasteiger charge is 2.25. The van der Waals surface area contributed by atoms with Crippen molar-refractivity contribution in [1.29, 1.82) is 0 Å². The fourth-order valence-corrected chi connectivity index (χ4v) is 3.34. The number of imidazole rings is 1. The normalized spacial score (nSPS) is 18.6. The Bertz CT molecular complexity index is 635. The second kappa shape index (κ2) is 8.15. The summed E-state index contributed by atoms with van der Waals surface area (Å²) in [6, 6.07) is 3.89. The van der Waals surface area contributed by atoms with Crippen molar-refractivity contribution < 1.29 is 9.21 Å². The number of hydrogen-bond donors (Lipinski definition) is 1. The number of piperidine rings is 1. The molecule has 1 amide bonds. The van der Waals surface area contributed by atoms with Crippen LogP contribution in [0.1, 0.15) is 31.4 Å². The molecule has 130 valence electrons. The molecule has 1 saturated heterocycles. The van der Waals surface area contributed by atoms with Crippen LogP contribution in [0.3, 0.4) is 0 Å². The van der Waals surface area contributed by atoms with E-state index in [2.05, 4.69) is 26.7 Å². The zero-order valence-corrected chi connectivity index (χ0v) is 14.3. The Kier molecular flexibility index (Phi) is 5.69. The van der Waals surface area contributed by atoms with E-state index in [1.165, 1.54) is 0 Å². The summed E-state index contributed by atoms with van der Waals surface area (Å²) in [6.07, 6.45) is 8.41. The van der Waals surface area contributed by atoms with Crippen LogP contribution in [0.15, 0.2) is 35.2 Å². The van der Waals surface area contributed by atoms with Gasteiger partial charge in [-0.1, -0.05) is 6.92 Å². The molecule has 1 aliphatic rings. The highest BCUT2D eigenvalue weighted by atomic mass is 16.3. The number of aryl methyl sites for hydroxylation is 1. The van der Waals surface area contributed by atoms with Gasteiger partial charge in [0, 0.05) is 38.4 Å². The van der Waals surface area contributed by atoms with Gasteiger partial charge in [0.2, 0.25) is 5.91 Å². The van der Waals surface area contributed by atoms with Gasteiger partial charge in [0.15, 0.2) is 0 Å². The molecule has 2 aromatic heterocycles. The number of rotatable bonds is 7. The summed E-state index contributed by atoms with van der Waals surface area (Å²) in [6.45, 7) is 6.13. The molecule has 0 spiro atoms. The average Bonchev–Trinajstić information content (AvgIpc) is 3.26. The number of nitrogens with zero attached hydrogens (tertiary/aromatic N) is 3. The van der Waals surface area contributed by atoms with Crippen LogP contribution in [0.5, 0.6) is 0 Å². The summed E-state index contributed by atoms with van der Waals surface area (Å²) < 4.78 is 7.51. The molecule has 1 unspecified atom stereocenters. The molecule has 0 aliphatic carbocycles. The van der Waals surface area contributed by atoms with E-state index in [9.17, 15) is 4.79 Å². The Morgan fingerprint density at radius 3 is 3.21 bits per heavy atom. The van der Waals surface area contributed by atoms with Gasteiger partial charge in [-0.05, 0) is 31.5 Å². The van der Waals surface area contributed by atoms with Crippen molar-refractivity contribution >= 4 is 5.91 Å². The molecule has 0 aromatic carbocycles. The van der Waals surface area contributed by atoms with E-state index in [0.717, 1.165) is 57.0 Å². The van der Waals surface area contributed by atoms with Gasteiger partial charge in [0.05, 0.1) is 18.7 Å². The first-order valence-corrected chi connectivity index (χ1v) is 8.78. The fraction of sp³-hybridized carbons (Fsp3) is 0.556. The number of nitrogens with one attached hydrogen (secondary N) is 1. The predicted octanol–water partition coefficient (Wildman–Crippen LogP) is 2.07. The molecule has 0 radical (unpaired) electrons. The number of amides is 1. The Morgan fingerprint density at radius 1 is 1.50 bits per heavy atom. The minimum atomic E-state index is 0.0714. The van der Waals surface area contributed by atoms with Gasteiger partial charge in [-0.25, -0.2) is 4.98 Å². The van der Waals surface area contributed by atoms with Crippen LogP contribution in [-0.4, -0.2) is 40.0 Å². The van der Waals surface area contributed by atoms with Crippen molar-refractivity contribution in [3.05, 3.63) is 42.4 Å². The summed E-state index contributed by atoms with van der Waals surface area (Å²) >= 11 is 0. The van der Waals surface area contributed by atoms with Crippen molar-refractivity contribution in [2.45, 2.75) is 39.3 Å². The molecular formula is C18H26N4O2. The van der Waals surface area contributed by atoms with Crippen LogP contribution in [0.25, 0.3) is 0 Å². The summed E-state index contributed by atoms with van der Waals surface area (Å²) in [4.78, 5) is 19.0. The molecule has 24 heavy (non-hydrogen) atoms. The minimum Gasteiger partial charge on any atom is -0.468 e. The van der Waals surface area contributed by atoms with Crippen LogP contribution in [-0.2, 0) is 24.3 Å². The number of aromatic nitrogens is 2. The largest absolute Gasteiger partial charge is 0.468 e. The lowest BCUT2D eigenvalue weighted by Gasteiger charge is -2.31. The predicted molar refractivity (Wildman–Crippen MR) is 91.3 cm³/mol. The van der Waals surface area contributed by atoms with E-state index >= 15 is 0 Å². The second-order valence-corrected chi connectivity index (χ2v) is 6.34. The molecule has 6 nitrogen and oxygen atoms in total. The first kappa shape index (κ1) is 16.8. The summed E-state index contributed by atoms with van der Waals surface area (Å²) in [5.74, 6) is 2.26. The van der Waals surface area contributed by atoms with Gasteiger partial charge >= 0.3 is 0 Å². The van der Waals surface area contributed by atoms with Crippen LogP contribution in [0.4, 0.5) is 0 Å². The quantitative estimate of drug-likeness (QED) is 0.844. The molecule has 0 bridgehead atoms. The van der Waals surface area contributed by atoms with Gasteiger partial charge in [-0.2, -0.15) is 0 Å². The van der Waals surface area contributed by atoms with E-state index in [1.807, 2.05) is 24.5 Å². The average molecular weight is 330 g/mol. The molecule has 1 aliphatic heterocycles. The third kappa shape index (κ3) is 4.26. The second-order valence-electron chi connectivity index (χ2n) is 6.34. The highest BCUT2D eigenvalue weighted by Crippen LogP contribution is 2.19. The zero-order valence-electron chi connectivity index (χ0n) is 14.3. The van der Waals surface area contributed by atoms with E-state index in [1.54, 1.807) is 6.26 Å². The van der Waals surface area contributed by atoms with Crippen LogP contribution in [0.2, 0.25) is 0 Å². The maximum absolute atomic E-state index is 12.4. The molecule has 3 heterocycles. The molecule has 1 N–H and O–H groups in total. The lowest BCUT2D eigenvalue weighted by Crippen LogP contribution is -2.43. The van der Waals surface area contributed by atoms with Crippen LogP contribution >= 0.6 is 0 Å². The molecule has 2 aromatic rings. The lowest BCUT2D eigenvalue weighted by atomic mass is 9.97. The summed E-state index contributed by atoms with van der Waals surface area (Å²) in [5, 5.41) is 3.08. The van der Waals surface area contributed by atoms with Gasteiger partial charge in [0.25, 0.3) is 0 Å². The molecular weight excluding hydrogens is 304 g/mol. The topological polar surface area (TPSA) is 63.3 Å². The monoisotopic (exact) mass is 330 g/mol. The molecule has 1 atom stereocenters. The van der Waals surface area contributed by atoms with Gasteiger partial charge in [-0.15, -0.1) is 0 Å². The Hall–Kier alpha value is -2.08. The molecule has 3 rings (SSSR count). The SMILES string of the molecule is CCc1nccn1CCNC(=O)C1CCCN(Cc2ccco2)C1. The van der Waals surface area contributed by atoms with Gasteiger partial charge in [-0.3, -0.25) is 9.69 Å². The number of likely N-dealkylation sites (tertiary alicyclic amines) is 1. The fourth-order valence-electron chi connectivity index (χ4n) is 3.34. The Labute approximate surface area is 142 Å². The van der Waals surface area contributed by atoms with Crippen molar-refractivity contribution in [2.24, 2.45) is 5.92 Å². The van der Waals surface area contributed by atoms with E-state index in [0.29, 0.717) is 6.54 Å². The highest BCUT2D eigenvalue weighted by molar-refractivity contribution is 5.78. The Balaban J connectivity index is 1.44. The van der Waals surface area contributed by atoms with Crippen LogP contribution < -0.4 is 5.32 Å². The number of hydrogen-bond acceptors (Lipinski definition) is 4. The van der Waals surface area contributed by atoms with Crippen molar-refractivity contribution in [1.82, 2.24) is 19.8 Å². The van der Waals surface area contributed by atoms with E-state index < -0.39 is 0 Å². The lowest BCUT2D eigenvalue weighted by molar-refractivity contribution is -0.126. The molecule has 1 fully saturated rings. The maximum atomic E-state index is 12.4. The minimum absolute atomic E-state index is 0.0714. The third-order valence-corrected chi connectivity index (χ3v) is 4.61. The standard InChI is InChI=1S/C18H26N4O2/c1-2-17-19-7-10-22(17)11-8-20-18(23)15-5-3-9-21(13-15)14-16-6-4-12-24-16/h4,6-7,10,12,15H,2-3,5,8-9,11,13-14H2,1H3,(H,20,23). The zero-order chi connectivity index (χ0) is 16.8. The summed E-state index contributed by atoms with van der Waals surface area (Å²) in [5.41, 5.74) is 0. The molecule has 0 saturated carbocycles. The molecule has 6 heteroatoms. The van der Waals surface area contributed by atoms with Crippen molar-refractivity contribution in [2.75, 3.05) is 19.6 Å². The Morgan fingerprint density at radius 2 is 2.42 bits per heavy atom. The smallest absolute Gasteiger partial charge is 0.224 e. The van der Waals surface area contributed by atoms with Crippen LogP contribution in [0, 0.1) is 5.92 Å². The van der Waals surface area contributed by atoms with Gasteiger partial charge in [0.1, 0.15) is 11.6 Å². The first-order valence-electron chi connectivity index (χ1n) is 8.78. The van der Waals surface area contributed by atoms with Crippen molar-refractivity contribution in [3.8, 4) is 0 Å². The first-order chi connectivity index (χ1) is 11.8. The number of carbonyl (C=O) groups excluding carboxylic acids is 1. The number of furan rings is 1. The summed E-state index contributed by atoms with van der Waals surface area (Å²) in [7, 11) is 0. The maximum Gasteiger partial charge on any atom is 0.224 e.